The van der Waals surface area contributed by atoms with Gasteiger partial charge in [0.15, 0.2) is 0 Å². The van der Waals surface area contributed by atoms with Crippen molar-refractivity contribution in [3.05, 3.63) is 61.5 Å². The van der Waals surface area contributed by atoms with Crippen molar-refractivity contribution in [2.75, 3.05) is 0 Å². The van der Waals surface area contributed by atoms with E-state index in [1.54, 1.807) is 22.1 Å². The van der Waals surface area contributed by atoms with Gasteiger partial charge in [0.05, 0.1) is 22.8 Å². The molecule has 1 aliphatic carbocycles. The molecule has 0 fully saturated rings. The van der Waals surface area contributed by atoms with Gasteiger partial charge in [-0.05, 0) is 57.1 Å². The van der Waals surface area contributed by atoms with Gasteiger partial charge in [0.25, 0.3) is 5.91 Å². The van der Waals surface area contributed by atoms with E-state index in [0.29, 0.717) is 31.5 Å². The second-order valence-electron chi connectivity index (χ2n) is 8.40. The number of rotatable bonds is 4. The van der Waals surface area contributed by atoms with E-state index in [2.05, 4.69) is 20.4 Å². The third-order valence-electron chi connectivity index (χ3n) is 6.16. The molecule has 162 valence electrons. The van der Waals surface area contributed by atoms with E-state index in [1.807, 2.05) is 18.4 Å². The molecule has 4 heterocycles. The third kappa shape index (κ3) is 4.19. The van der Waals surface area contributed by atoms with Gasteiger partial charge in [0.1, 0.15) is 5.82 Å². The number of carbonyl (C=O) groups is 1. The summed E-state index contributed by atoms with van der Waals surface area (Å²) < 4.78 is 3.24. The van der Waals surface area contributed by atoms with Crippen LogP contribution in [-0.2, 0) is 32.4 Å². The van der Waals surface area contributed by atoms with Crippen molar-refractivity contribution < 1.29 is 4.79 Å². The molecule has 0 saturated heterocycles. The Morgan fingerprint density at radius 3 is 2.97 bits per heavy atom. The first-order valence-electron chi connectivity index (χ1n) is 10.9. The molecule has 8 nitrogen and oxygen atoms in total. The maximum absolute atomic E-state index is 12.8. The van der Waals surface area contributed by atoms with Crippen LogP contribution in [-0.4, -0.2) is 36.3 Å². The van der Waals surface area contributed by atoms with Crippen molar-refractivity contribution in [1.29, 1.82) is 0 Å². The van der Waals surface area contributed by atoms with Crippen molar-refractivity contribution >= 4 is 17.2 Å². The number of hydrogen-bond acceptors (Lipinski definition) is 6. The summed E-state index contributed by atoms with van der Waals surface area (Å²) in [5.74, 6) is 0.700. The van der Waals surface area contributed by atoms with Crippen molar-refractivity contribution in [3.8, 4) is 0 Å². The Hall–Kier alpha value is -2.81. The normalized spacial score (nSPS) is 18.2. The number of amides is 1. The highest BCUT2D eigenvalue weighted by atomic mass is 32.1. The zero-order valence-electron chi connectivity index (χ0n) is 17.6. The molecule has 1 unspecified atom stereocenters. The fourth-order valence-electron chi connectivity index (χ4n) is 4.49. The predicted molar refractivity (Wildman–Crippen MR) is 118 cm³/mol. The molecule has 0 bridgehead atoms. The Morgan fingerprint density at radius 1 is 1.26 bits per heavy atom. The maximum atomic E-state index is 12.8. The molecule has 1 N–H and O–H groups in total. The minimum absolute atomic E-state index is 0.0132. The van der Waals surface area contributed by atoms with Crippen LogP contribution in [0.3, 0.4) is 0 Å². The molecule has 31 heavy (non-hydrogen) atoms. The van der Waals surface area contributed by atoms with E-state index in [1.165, 1.54) is 16.7 Å². The molecule has 1 amide bonds. The Balaban J connectivity index is 1.24. The summed E-state index contributed by atoms with van der Waals surface area (Å²) >= 11 is 1.57. The van der Waals surface area contributed by atoms with Gasteiger partial charge in [0, 0.05) is 36.3 Å². The average Bonchev–Trinajstić information content (AvgIpc) is 3.24. The third-order valence-corrected chi connectivity index (χ3v) is 6.98. The standard InChI is InChI=1S/C22H26N6O2S/c1-14-24-18(13-31-14)12-28-22(30)27-9-8-17(6-7-20(27)26-28)25-21(29)16-10-15-4-2-3-5-19(15)23-11-16/h10-11,13,17H,2-9,12H2,1H3,(H,25,29). The maximum Gasteiger partial charge on any atom is 0.346 e. The molecule has 0 saturated carbocycles. The molecule has 0 aromatic carbocycles. The number of hydrogen-bond donors (Lipinski definition) is 1. The van der Waals surface area contributed by atoms with Gasteiger partial charge >= 0.3 is 5.69 Å². The monoisotopic (exact) mass is 438 g/mol. The lowest BCUT2D eigenvalue weighted by molar-refractivity contribution is 0.0932. The summed E-state index contributed by atoms with van der Waals surface area (Å²) in [6.07, 6.45) is 8.16. The molecule has 9 heteroatoms. The summed E-state index contributed by atoms with van der Waals surface area (Å²) in [4.78, 5) is 34.5. The van der Waals surface area contributed by atoms with Crippen molar-refractivity contribution in [3.63, 3.8) is 0 Å². The first-order valence-corrected chi connectivity index (χ1v) is 11.8. The number of thiazole rings is 1. The zero-order chi connectivity index (χ0) is 21.4. The molecule has 5 rings (SSSR count). The number of fused-ring (bicyclic) bond motifs is 2. The summed E-state index contributed by atoms with van der Waals surface area (Å²) in [5.41, 5.74) is 3.72. The average molecular weight is 439 g/mol. The molecular formula is C22H26N6O2S. The lowest BCUT2D eigenvalue weighted by atomic mass is 9.95. The van der Waals surface area contributed by atoms with E-state index in [9.17, 15) is 9.59 Å². The first kappa shape index (κ1) is 20.1. The van der Waals surface area contributed by atoms with Crippen LogP contribution in [0.15, 0.2) is 22.4 Å². The van der Waals surface area contributed by atoms with Gasteiger partial charge < -0.3 is 5.32 Å². The summed E-state index contributed by atoms with van der Waals surface area (Å²) in [5, 5.41) is 10.6. The first-order chi connectivity index (χ1) is 15.1. The Bertz CT molecular complexity index is 1180. The van der Waals surface area contributed by atoms with Gasteiger partial charge in [-0.1, -0.05) is 0 Å². The second-order valence-corrected chi connectivity index (χ2v) is 9.46. The van der Waals surface area contributed by atoms with Crippen LogP contribution in [0.5, 0.6) is 0 Å². The fraction of sp³-hybridized carbons (Fsp3) is 0.500. The summed E-state index contributed by atoms with van der Waals surface area (Å²) in [7, 11) is 0. The lowest BCUT2D eigenvalue weighted by Crippen LogP contribution is -2.36. The molecule has 1 atom stereocenters. The van der Waals surface area contributed by atoms with Crippen LogP contribution in [0.4, 0.5) is 0 Å². The Labute approximate surface area is 184 Å². The molecular weight excluding hydrogens is 412 g/mol. The highest BCUT2D eigenvalue weighted by Gasteiger charge is 2.23. The number of aryl methyl sites for hydroxylation is 4. The smallest absolute Gasteiger partial charge is 0.346 e. The van der Waals surface area contributed by atoms with Crippen LogP contribution in [0.2, 0.25) is 0 Å². The summed E-state index contributed by atoms with van der Waals surface area (Å²) in [6.45, 7) is 2.90. The number of nitrogens with one attached hydrogen (secondary N) is 1. The molecule has 2 aliphatic rings. The SMILES string of the molecule is Cc1nc(Cn2nc3n(c2=O)CCC(NC(=O)c2cnc4c(c2)CCCC4)CC3)cs1. The molecule has 3 aromatic heterocycles. The minimum Gasteiger partial charge on any atom is -0.349 e. The molecule has 0 radical (unpaired) electrons. The van der Waals surface area contributed by atoms with E-state index in [4.69, 9.17) is 0 Å². The van der Waals surface area contributed by atoms with Crippen molar-refractivity contribution in [2.24, 2.45) is 0 Å². The van der Waals surface area contributed by atoms with Crippen LogP contribution >= 0.6 is 11.3 Å². The highest BCUT2D eigenvalue weighted by molar-refractivity contribution is 7.09. The molecule has 3 aromatic rings. The number of carbonyl (C=O) groups excluding carboxylic acids is 1. The van der Waals surface area contributed by atoms with Crippen molar-refractivity contribution in [2.45, 2.75) is 71.0 Å². The van der Waals surface area contributed by atoms with Crippen LogP contribution in [0.1, 0.15) is 63.8 Å². The molecule has 0 spiro atoms. The lowest BCUT2D eigenvalue weighted by Gasteiger charge is -2.18. The van der Waals surface area contributed by atoms with Crippen LogP contribution in [0, 0.1) is 6.92 Å². The Morgan fingerprint density at radius 2 is 2.13 bits per heavy atom. The predicted octanol–water partition coefficient (Wildman–Crippen LogP) is 2.27. The van der Waals surface area contributed by atoms with Crippen LogP contribution in [0.25, 0.3) is 0 Å². The van der Waals surface area contributed by atoms with Gasteiger partial charge in [-0.15, -0.1) is 11.3 Å². The minimum atomic E-state index is -0.105. The van der Waals surface area contributed by atoms with E-state index < -0.39 is 0 Å². The van der Waals surface area contributed by atoms with E-state index in [-0.39, 0.29) is 17.6 Å². The quantitative estimate of drug-likeness (QED) is 0.674. The van der Waals surface area contributed by atoms with E-state index in [0.717, 1.165) is 47.9 Å². The number of aromatic nitrogens is 5. The van der Waals surface area contributed by atoms with Gasteiger partial charge in [-0.3, -0.25) is 14.3 Å². The van der Waals surface area contributed by atoms with Gasteiger partial charge in [-0.2, -0.15) is 5.10 Å². The van der Waals surface area contributed by atoms with Gasteiger partial charge in [-0.25, -0.2) is 14.5 Å². The van der Waals surface area contributed by atoms with Crippen LogP contribution < -0.4 is 11.0 Å². The summed E-state index contributed by atoms with van der Waals surface area (Å²) in [6, 6.07) is 2.01. The topological polar surface area (TPSA) is 94.7 Å². The van der Waals surface area contributed by atoms with Gasteiger partial charge in [0.2, 0.25) is 0 Å². The Kier molecular flexibility index (Phi) is 5.43. The highest BCUT2D eigenvalue weighted by Crippen LogP contribution is 2.20. The fourth-order valence-corrected chi connectivity index (χ4v) is 5.09. The largest absolute Gasteiger partial charge is 0.349 e. The molecule has 1 aliphatic heterocycles. The number of pyridine rings is 1. The number of nitrogens with zero attached hydrogens (tertiary/aromatic N) is 5. The van der Waals surface area contributed by atoms with E-state index >= 15 is 0 Å². The second kappa shape index (κ2) is 8.37. The zero-order valence-corrected chi connectivity index (χ0v) is 18.5. The van der Waals surface area contributed by atoms with Crippen molar-refractivity contribution in [1.82, 2.24) is 29.6 Å².